The standard InChI is InChI=1S/C24H27N5O2/c1-14(23(30)29-19(11-26)7-18-8-21(18)29)12-27-13-20-9-22(27)24(31)28(20)15(2)17-5-3-4-16(6-17)10-25/h3-6,14-15,18-22H,7-9,12-13H2,1-2H3/t14-,15+,18+,19-,20-,21?,22-/m0/s1. The van der Waals surface area contributed by atoms with Gasteiger partial charge >= 0.3 is 0 Å². The van der Waals surface area contributed by atoms with Crippen LogP contribution in [0.25, 0.3) is 0 Å². The summed E-state index contributed by atoms with van der Waals surface area (Å²) >= 11 is 0. The number of carbonyl (C=O) groups excluding carboxylic acids is 2. The van der Waals surface area contributed by atoms with E-state index in [-0.39, 0.29) is 47.9 Å². The molecule has 4 aliphatic rings. The maximum absolute atomic E-state index is 13.2. The van der Waals surface area contributed by atoms with Crippen molar-refractivity contribution in [1.82, 2.24) is 14.7 Å². The Kier molecular flexibility index (Phi) is 4.75. The number of benzene rings is 1. The summed E-state index contributed by atoms with van der Waals surface area (Å²) in [5, 5.41) is 18.6. The lowest BCUT2D eigenvalue weighted by molar-refractivity contribution is -0.142. The number of hydrogen-bond acceptors (Lipinski definition) is 5. The normalized spacial score (nSPS) is 33.0. The van der Waals surface area contributed by atoms with Crippen LogP contribution in [0.4, 0.5) is 0 Å². The second-order valence-corrected chi connectivity index (χ2v) is 9.61. The molecule has 7 nitrogen and oxygen atoms in total. The number of piperidine rings is 1. The summed E-state index contributed by atoms with van der Waals surface area (Å²) in [5.74, 6) is 0.467. The Morgan fingerprint density at radius 1 is 1.23 bits per heavy atom. The minimum absolute atomic E-state index is 0.0605. The number of piperazine rings is 1. The predicted molar refractivity (Wildman–Crippen MR) is 112 cm³/mol. The number of amides is 2. The molecule has 160 valence electrons. The van der Waals surface area contributed by atoms with Crippen molar-refractivity contribution in [3.05, 3.63) is 35.4 Å². The highest BCUT2D eigenvalue weighted by Gasteiger charge is 2.55. The van der Waals surface area contributed by atoms with Crippen molar-refractivity contribution >= 4 is 11.8 Å². The van der Waals surface area contributed by atoms with Gasteiger partial charge in [-0.3, -0.25) is 14.5 Å². The Hall–Kier alpha value is -2.90. The number of hydrogen-bond donors (Lipinski definition) is 0. The van der Waals surface area contributed by atoms with Gasteiger partial charge < -0.3 is 9.80 Å². The molecule has 0 spiro atoms. The van der Waals surface area contributed by atoms with E-state index in [4.69, 9.17) is 0 Å². The van der Waals surface area contributed by atoms with Crippen LogP contribution in [0.2, 0.25) is 0 Å². The highest BCUT2D eigenvalue weighted by Crippen LogP contribution is 2.48. The summed E-state index contributed by atoms with van der Waals surface area (Å²) in [7, 11) is 0. The van der Waals surface area contributed by atoms with Gasteiger partial charge in [0, 0.05) is 31.1 Å². The molecule has 7 atom stereocenters. The molecule has 3 saturated heterocycles. The molecule has 7 heteroatoms. The van der Waals surface area contributed by atoms with Crippen molar-refractivity contribution in [3.8, 4) is 12.1 Å². The number of nitrogens with zero attached hydrogens (tertiary/aromatic N) is 5. The zero-order valence-corrected chi connectivity index (χ0v) is 17.9. The van der Waals surface area contributed by atoms with Crippen LogP contribution in [-0.4, -0.2) is 63.8 Å². The van der Waals surface area contributed by atoms with Crippen LogP contribution in [0.5, 0.6) is 0 Å². The van der Waals surface area contributed by atoms with Crippen molar-refractivity contribution in [3.63, 3.8) is 0 Å². The third-order valence-corrected chi connectivity index (χ3v) is 7.67. The molecule has 1 aromatic rings. The lowest BCUT2D eigenvalue weighted by Crippen LogP contribution is -2.53. The fourth-order valence-corrected chi connectivity index (χ4v) is 6.00. The van der Waals surface area contributed by atoms with Gasteiger partial charge in [0.15, 0.2) is 0 Å². The van der Waals surface area contributed by atoms with Gasteiger partial charge in [-0.2, -0.15) is 10.5 Å². The van der Waals surface area contributed by atoms with Crippen LogP contribution >= 0.6 is 0 Å². The average molecular weight is 418 g/mol. The van der Waals surface area contributed by atoms with Crippen molar-refractivity contribution in [2.45, 2.75) is 63.3 Å². The van der Waals surface area contributed by atoms with Crippen LogP contribution < -0.4 is 0 Å². The molecule has 5 rings (SSSR count). The number of nitriles is 2. The van der Waals surface area contributed by atoms with Crippen LogP contribution in [0.3, 0.4) is 0 Å². The molecule has 2 bridgehead atoms. The van der Waals surface area contributed by atoms with E-state index in [9.17, 15) is 20.1 Å². The van der Waals surface area contributed by atoms with Crippen LogP contribution in [0.15, 0.2) is 24.3 Å². The molecule has 3 heterocycles. The lowest BCUT2D eigenvalue weighted by atomic mass is 10.0. The Labute approximate surface area is 182 Å². The van der Waals surface area contributed by atoms with E-state index in [0.717, 1.165) is 31.4 Å². The first-order valence-corrected chi connectivity index (χ1v) is 11.2. The van der Waals surface area contributed by atoms with Gasteiger partial charge in [0.25, 0.3) is 0 Å². The molecule has 4 fully saturated rings. The molecular weight excluding hydrogens is 390 g/mol. The number of likely N-dealkylation sites (tertiary alicyclic amines) is 3. The van der Waals surface area contributed by atoms with Crippen LogP contribution in [-0.2, 0) is 9.59 Å². The maximum atomic E-state index is 13.2. The van der Waals surface area contributed by atoms with E-state index in [2.05, 4.69) is 17.0 Å². The maximum Gasteiger partial charge on any atom is 0.240 e. The third kappa shape index (κ3) is 3.20. The monoisotopic (exact) mass is 417 g/mol. The summed E-state index contributed by atoms with van der Waals surface area (Å²) in [6, 6.07) is 11.8. The SMILES string of the molecule is C[C@H](c1cccc(C#N)c1)N1C(=O)[C@@H]2C[C@H]1CN2C[C@H](C)C(=O)N1C2C[C@H]2C[C@H]1C#N. The van der Waals surface area contributed by atoms with Gasteiger partial charge in [0.1, 0.15) is 6.04 Å². The van der Waals surface area contributed by atoms with E-state index >= 15 is 0 Å². The minimum atomic E-state index is -0.282. The highest BCUT2D eigenvalue weighted by atomic mass is 16.2. The quantitative estimate of drug-likeness (QED) is 0.731. The lowest BCUT2D eigenvalue weighted by Gasteiger charge is -2.38. The largest absolute Gasteiger partial charge is 0.330 e. The van der Waals surface area contributed by atoms with Crippen molar-refractivity contribution < 1.29 is 9.59 Å². The van der Waals surface area contributed by atoms with Gasteiger partial charge in [-0.25, -0.2) is 0 Å². The summed E-state index contributed by atoms with van der Waals surface area (Å²) in [5.41, 5.74) is 1.58. The van der Waals surface area contributed by atoms with Crippen molar-refractivity contribution in [1.29, 1.82) is 10.5 Å². The Morgan fingerprint density at radius 2 is 2.03 bits per heavy atom. The first-order chi connectivity index (χ1) is 14.9. The smallest absolute Gasteiger partial charge is 0.240 e. The van der Waals surface area contributed by atoms with Gasteiger partial charge in [-0.1, -0.05) is 19.1 Å². The number of carbonyl (C=O) groups is 2. The van der Waals surface area contributed by atoms with Gasteiger partial charge in [0.2, 0.25) is 11.8 Å². The van der Waals surface area contributed by atoms with Gasteiger partial charge in [-0.05, 0) is 49.8 Å². The molecule has 0 radical (unpaired) electrons. The third-order valence-electron chi connectivity index (χ3n) is 7.67. The first kappa shape index (κ1) is 20.0. The molecule has 3 aliphatic heterocycles. The highest BCUT2D eigenvalue weighted by molar-refractivity contribution is 5.86. The molecule has 1 unspecified atom stereocenters. The zero-order chi connectivity index (χ0) is 21.9. The fourth-order valence-electron chi connectivity index (χ4n) is 6.00. The second-order valence-electron chi connectivity index (χ2n) is 9.61. The van der Waals surface area contributed by atoms with E-state index in [1.165, 1.54) is 0 Å². The molecule has 2 amide bonds. The van der Waals surface area contributed by atoms with Crippen molar-refractivity contribution in [2.75, 3.05) is 13.1 Å². The summed E-state index contributed by atoms with van der Waals surface area (Å²) < 4.78 is 0. The summed E-state index contributed by atoms with van der Waals surface area (Å²) in [6.45, 7) is 5.28. The van der Waals surface area contributed by atoms with E-state index in [1.807, 2.05) is 41.8 Å². The predicted octanol–water partition coefficient (Wildman–Crippen LogP) is 2.05. The van der Waals surface area contributed by atoms with Crippen LogP contribution in [0.1, 0.15) is 50.3 Å². The molecule has 0 N–H and O–H groups in total. The van der Waals surface area contributed by atoms with Crippen LogP contribution in [0, 0.1) is 34.5 Å². The first-order valence-electron chi connectivity index (χ1n) is 11.2. The van der Waals surface area contributed by atoms with E-state index < -0.39 is 0 Å². The second kappa shape index (κ2) is 7.35. The van der Waals surface area contributed by atoms with Gasteiger partial charge in [-0.15, -0.1) is 0 Å². The molecule has 1 aliphatic carbocycles. The Morgan fingerprint density at radius 3 is 2.74 bits per heavy atom. The van der Waals surface area contributed by atoms with E-state index in [1.54, 1.807) is 6.07 Å². The number of fused-ring (bicyclic) bond motifs is 3. The topological polar surface area (TPSA) is 91.4 Å². The fraction of sp³-hybridized carbons (Fsp3) is 0.583. The summed E-state index contributed by atoms with van der Waals surface area (Å²) in [4.78, 5) is 32.2. The Bertz CT molecular complexity index is 1010. The average Bonchev–Trinajstić information content (AvgIpc) is 3.11. The zero-order valence-electron chi connectivity index (χ0n) is 17.9. The molecule has 0 aromatic heterocycles. The Balaban J connectivity index is 1.24. The molecule has 31 heavy (non-hydrogen) atoms. The number of rotatable bonds is 5. The molecule has 1 saturated carbocycles. The summed E-state index contributed by atoms with van der Waals surface area (Å²) in [6.07, 6.45) is 2.63. The minimum Gasteiger partial charge on any atom is -0.330 e. The van der Waals surface area contributed by atoms with Gasteiger partial charge in [0.05, 0.1) is 29.8 Å². The van der Waals surface area contributed by atoms with Crippen molar-refractivity contribution in [2.24, 2.45) is 11.8 Å². The molecule has 1 aromatic carbocycles. The molecular formula is C24H27N5O2. The van der Waals surface area contributed by atoms with E-state index in [0.29, 0.717) is 18.0 Å².